The monoisotopic (exact) mass is 461 g/mol. The molecule has 166 valence electrons. The molecular weight excluding hydrogens is 434 g/mol. The SMILES string of the molecule is CN(CC/C(=C/N)NN)C(=O)N1CC(c2ccc(-c3ccc(S(C)=O)cc3Cl)cc2)C1. The van der Waals surface area contributed by atoms with Crippen molar-refractivity contribution < 1.29 is 9.00 Å². The fourth-order valence-electron chi connectivity index (χ4n) is 3.52. The Morgan fingerprint density at radius 3 is 2.52 bits per heavy atom. The first-order valence-electron chi connectivity index (χ1n) is 9.94. The van der Waals surface area contributed by atoms with Gasteiger partial charge in [0, 0.05) is 83.5 Å². The van der Waals surface area contributed by atoms with Gasteiger partial charge in [0.1, 0.15) is 0 Å². The van der Waals surface area contributed by atoms with Gasteiger partial charge in [-0.1, -0.05) is 41.9 Å². The molecule has 5 N–H and O–H groups in total. The smallest absolute Gasteiger partial charge is 0.319 e. The first-order valence-corrected chi connectivity index (χ1v) is 11.9. The summed E-state index contributed by atoms with van der Waals surface area (Å²) >= 11 is 6.39. The number of likely N-dealkylation sites (tertiary alicyclic amines) is 1. The number of nitrogens with zero attached hydrogens (tertiary/aromatic N) is 2. The largest absolute Gasteiger partial charge is 0.403 e. The van der Waals surface area contributed by atoms with Gasteiger partial charge in [0.05, 0.1) is 0 Å². The Bertz CT molecular complexity index is 990. The topological polar surface area (TPSA) is 105 Å². The predicted octanol–water partition coefficient (Wildman–Crippen LogP) is 2.85. The van der Waals surface area contributed by atoms with Gasteiger partial charge in [-0.05, 0) is 23.3 Å². The van der Waals surface area contributed by atoms with Crippen molar-refractivity contribution >= 4 is 28.4 Å². The van der Waals surface area contributed by atoms with Crippen molar-refractivity contribution in [2.24, 2.45) is 11.6 Å². The number of hydrogen-bond donors (Lipinski definition) is 3. The van der Waals surface area contributed by atoms with Crippen LogP contribution < -0.4 is 17.0 Å². The van der Waals surface area contributed by atoms with Crippen LogP contribution in [0.15, 0.2) is 59.3 Å². The van der Waals surface area contributed by atoms with Crippen molar-refractivity contribution in [3.05, 3.63) is 64.9 Å². The number of nitrogens with two attached hydrogens (primary N) is 2. The number of amides is 2. The standard InChI is InChI=1S/C22H28ClN5O2S/c1-27(10-9-18(12-24)26-25)22(29)28-13-17(14-28)15-3-5-16(6-4-15)20-8-7-19(31(2)30)11-21(20)23/h3-8,11-12,17,26H,9-10,13-14,24-25H2,1-2H3/b18-12-. The van der Waals surface area contributed by atoms with E-state index >= 15 is 0 Å². The summed E-state index contributed by atoms with van der Waals surface area (Å²) in [6.45, 7) is 1.91. The normalized spacial score (nSPS) is 15.4. The average Bonchev–Trinajstić information content (AvgIpc) is 2.73. The molecule has 1 unspecified atom stereocenters. The molecule has 1 aliphatic heterocycles. The molecule has 2 aromatic carbocycles. The fraction of sp³-hybridized carbons (Fsp3) is 0.318. The fourth-order valence-corrected chi connectivity index (χ4v) is 4.42. The van der Waals surface area contributed by atoms with Crippen LogP contribution >= 0.6 is 11.6 Å². The zero-order chi connectivity index (χ0) is 22.5. The maximum atomic E-state index is 12.6. The van der Waals surface area contributed by atoms with Gasteiger partial charge in [0.15, 0.2) is 0 Å². The van der Waals surface area contributed by atoms with Gasteiger partial charge < -0.3 is 21.0 Å². The molecule has 0 saturated carbocycles. The highest BCUT2D eigenvalue weighted by atomic mass is 35.5. The van der Waals surface area contributed by atoms with Gasteiger partial charge in [-0.25, -0.2) is 4.79 Å². The first kappa shape index (κ1) is 23.1. The lowest BCUT2D eigenvalue weighted by molar-refractivity contribution is 0.122. The minimum Gasteiger partial charge on any atom is -0.403 e. The summed E-state index contributed by atoms with van der Waals surface area (Å²) in [5.41, 5.74) is 11.8. The molecule has 2 amide bonds. The van der Waals surface area contributed by atoms with Gasteiger partial charge in [-0.3, -0.25) is 10.1 Å². The lowest BCUT2D eigenvalue weighted by atomic mass is 9.90. The highest BCUT2D eigenvalue weighted by Gasteiger charge is 2.33. The quantitative estimate of drug-likeness (QED) is 0.434. The van der Waals surface area contributed by atoms with Crippen molar-refractivity contribution in [1.29, 1.82) is 0 Å². The van der Waals surface area contributed by atoms with Crippen molar-refractivity contribution in [2.75, 3.05) is 32.9 Å². The van der Waals surface area contributed by atoms with E-state index in [0.717, 1.165) is 11.1 Å². The predicted molar refractivity (Wildman–Crippen MR) is 126 cm³/mol. The van der Waals surface area contributed by atoms with Gasteiger partial charge in [0.25, 0.3) is 0 Å². The van der Waals surface area contributed by atoms with Crippen LogP contribution in [0.2, 0.25) is 5.02 Å². The summed E-state index contributed by atoms with van der Waals surface area (Å²) < 4.78 is 11.6. The number of halogens is 1. The number of urea groups is 1. The summed E-state index contributed by atoms with van der Waals surface area (Å²) in [6, 6.07) is 13.7. The van der Waals surface area contributed by atoms with E-state index in [4.69, 9.17) is 23.2 Å². The van der Waals surface area contributed by atoms with Crippen molar-refractivity contribution in [3.63, 3.8) is 0 Å². The van der Waals surface area contributed by atoms with Crippen LogP contribution in [0.1, 0.15) is 17.9 Å². The summed E-state index contributed by atoms with van der Waals surface area (Å²) in [7, 11) is 0.716. The van der Waals surface area contributed by atoms with E-state index in [1.807, 2.05) is 29.2 Å². The molecule has 0 radical (unpaired) electrons. The van der Waals surface area contributed by atoms with Crippen LogP contribution in [-0.4, -0.2) is 53.0 Å². The van der Waals surface area contributed by atoms with Crippen LogP contribution in [0.5, 0.6) is 0 Å². The Morgan fingerprint density at radius 1 is 1.29 bits per heavy atom. The van der Waals surface area contributed by atoms with Gasteiger partial charge in [-0.15, -0.1) is 0 Å². The summed E-state index contributed by atoms with van der Waals surface area (Å²) in [6.07, 6.45) is 3.62. The second kappa shape index (κ2) is 10.2. The lowest BCUT2D eigenvalue weighted by Gasteiger charge is -2.41. The first-order chi connectivity index (χ1) is 14.8. The zero-order valence-corrected chi connectivity index (χ0v) is 19.2. The molecule has 0 bridgehead atoms. The van der Waals surface area contributed by atoms with E-state index in [0.29, 0.717) is 47.6 Å². The maximum absolute atomic E-state index is 12.6. The number of carbonyl (C=O) groups is 1. The Balaban J connectivity index is 1.57. The van der Waals surface area contributed by atoms with Crippen LogP contribution in [0.4, 0.5) is 4.79 Å². The van der Waals surface area contributed by atoms with Crippen molar-refractivity contribution in [1.82, 2.24) is 15.2 Å². The molecule has 0 spiro atoms. The Hall–Kier alpha value is -2.55. The van der Waals surface area contributed by atoms with Crippen molar-refractivity contribution in [3.8, 4) is 11.1 Å². The van der Waals surface area contributed by atoms with E-state index in [1.165, 1.54) is 11.8 Å². The number of benzene rings is 2. The third-order valence-corrected chi connectivity index (χ3v) is 6.78. The molecule has 1 aliphatic rings. The summed E-state index contributed by atoms with van der Waals surface area (Å²) in [5, 5.41) is 0.585. The number of rotatable bonds is 7. The molecular formula is C22H28ClN5O2S. The summed E-state index contributed by atoms with van der Waals surface area (Å²) in [4.78, 5) is 16.8. The van der Waals surface area contributed by atoms with Crippen molar-refractivity contribution in [2.45, 2.75) is 17.2 Å². The Labute approximate surface area is 190 Å². The lowest BCUT2D eigenvalue weighted by Crippen LogP contribution is -2.53. The average molecular weight is 462 g/mol. The summed E-state index contributed by atoms with van der Waals surface area (Å²) in [5.74, 6) is 5.68. The number of hydrazine groups is 1. The minimum absolute atomic E-state index is 0.00134. The second-order valence-corrected chi connectivity index (χ2v) is 9.40. The van der Waals surface area contributed by atoms with Crippen LogP contribution in [0, 0.1) is 0 Å². The van der Waals surface area contributed by atoms with Gasteiger partial charge in [-0.2, -0.15) is 0 Å². The van der Waals surface area contributed by atoms with E-state index in [-0.39, 0.29) is 6.03 Å². The highest BCUT2D eigenvalue weighted by Crippen LogP contribution is 2.33. The van der Waals surface area contributed by atoms with E-state index in [2.05, 4.69) is 17.6 Å². The minimum atomic E-state index is -1.06. The number of nitrogens with one attached hydrogen (secondary N) is 1. The molecule has 7 nitrogen and oxygen atoms in total. The molecule has 1 heterocycles. The Kier molecular flexibility index (Phi) is 7.59. The molecule has 2 aromatic rings. The van der Waals surface area contributed by atoms with E-state index in [9.17, 15) is 9.00 Å². The van der Waals surface area contributed by atoms with Crippen LogP contribution in [0.25, 0.3) is 11.1 Å². The Morgan fingerprint density at radius 2 is 1.97 bits per heavy atom. The number of carbonyl (C=O) groups excluding carboxylic acids is 1. The van der Waals surface area contributed by atoms with Gasteiger partial charge in [0.2, 0.25) is 0 Å². The third kappa shape index (κ3) is 5.39. The van der Waals surface area contributed by atoms with Crippen LogP contribution in [-0.2, 0) is 10.8 Å². The zero-order valence-electron chi connectivity index (χ0n) is 17.7. The molecule has 3 rings (SSSR count). The van der Waals surface area contributed by atoms with E-state index < -0.39 is 10.8 Å². The molecule has 31 heavy (non-hydrogen) atoms. The van der Waals surface area contributed by atoms with Gasteiger partial charge >= 0.3 is 6.03 Å². The molecule has 1 fully saturated rings. The molecule has 0 aliphatic carbocycles. The molecule has 9 heteroatoms. The maximum Gasteiger partial charge on any atom is 0.319 e. The highest BCUT2D eigenvalue weighted by molar-refractivity contribution is 7.84. The third-order valence-electron chi connectivity index (χ3n) is 5.55. The molecule has 0 aromatic heterocycles. The second-order valence-electron chi connectivity index (χ2n) is 7.61. The molecule has 1 saturated heterocycles. The van der Waals surface area contributed by atoms with Crippen LogP contribution in [0.3, 0.4) is 0 Å². The number of hydrogen-bond acceptors (Lipinski definition) is 5. The van der Waals surface area contributed by atoms with E-state index in [1.54, 1.807) is 24.3 Å². The molecule has 1 atom stereocenters.